The number of halogens is 2. The van der Waals surface area contributed by atoms with E-state index in [1.165, 1.54) is 0 Å². The second-order valence-electron chi connectivity index (χ2n) is 4.75. The number of aryl methyl sites for hydroxylation is 1. The predicted octanol–water partition coefficient (Wildman–Crippen LogP) is 5.42. The highest BCUT2D eigenvalue weighted by Gasteiger charge is 2.18. The van der Waals surface area contributed by atoms with Crippen LogP contribution in [0.15, 0.2) is 55.9 Å². The largest absolute Gasteiger partial charge is 0.380 e. The van der Waals surface area contributed by atoms with Gasteiger partial charge in [0.05, 0.1) is 5.56 Å². The van der Waals surface area contributed by atoms with E-state index in [0.717, 1.165) is 31.2 Å². The van der Waals surface area contributed by atoms with Crippen LogP contribution in [0.25, 0.3) is 22.5 Å². The van der Waals surface area contributed by atoms with Crippen LogP contribution in [0.3, 0.4) is 0 Å². The summed E-state index contributed by atoms with van der Waals surface area (Å²) in [6, 6.07) is 13.9. The fraction of sp³-hybridized carbons (Fsp3) is 0.0625. The smallest absolute Gasteiger partial charge is 0.176 e. The van der Waals surface area contributed by atoms with Gasteiger partial charge in [-0.2, -0.15) is 0 Å². The van der Waals surface area contributed by atoms with Crippen molar-refractivity contribution < 1.29 is 4.52 Å². The van der Waals surface area contributed by atoms with Crippen LogP contribution in [0.2, 0.25) is 0 Å². The highest BCUT2D eigenvalue weighted by atomic mass is 79.9. The summed E-state index contributed by atoms with van der Waals surface area (Å²) in [4.78, 5) is 0. The van der Waals surface area contributed by atoms with Gasteiger partial charge in [0.25, 0.3) is 0 Å². The van der Waals surface area contributed by atoms with E-state index in [1.54, 1.807) is 0 Å². The molecule has 1 aromatic heterocycles. The van der Waals surface area contributed by atoms with Crippen LogP contribution in [-0.4, -0.2) is 5.16 Å². The van der Waals surface area contributed by atoms with Crippen LogP contribution >= 0.6 is 31.9 Å². The van der Waals surface area contributed by atoms with Gasteiger partial charge in [0.15, 0.2) is 11.6 Å². The first kappa shape index (κ1) is 14.4. The molecule has 0 bridgehead atoms. The second-order valence-corrected chi connectivity index (χ2v) is 6.52. The van der Waals surface area contributed by atoms with Crippen LogP contribution in [0, 0.1) is 6.92 Å². The fourth-order valence-electron chi connectivity index (χ4n) is 2.21. The Morgan fingerprint density at radius 3 is 2.57 bits per heavy atom. The van der Waals surface area contributed by atoms with E-state index in [-0.39, 0.29) is 0 Å². The van der Waals surface area contributed by atoms with Crippen LogP contribution in [0.5, 0.6) is 0 Å². The standard InChI is InChI=1S/C16H12Br2N2O/c1-9-7-11(5-6-13(9)18)15-14(16(19)20-21-15)10-3-2-4-12(17)8-10/h2-8H,1H3,(H2,19,20). The molecule has 0 fully saturated rings. The van der Waals surface area contributed by atoms with Gasteiger partial charge < -0.3 is 10.3 Å². The van der Waals surface area contributed by atoms with Gasteiger partial charge >= 0.3 is 0 Å². The Morgan fingerprint density at radius 2 is 1.86 bits per heavy atom. The van der Waals surface area contributed by atoms with Gasteiger partial charge in [-0.3, -0.25) is 0 Å². The van der Waals surface area contributed by atoms with E-state index in [1.807, 2.05) is 49.4 Å². The predicted molar refractivity (Wildman–Crippen MR) is 91.9 cm³/mol. The minimum atomic E-state index is 0.392. The fourth-order valence-corrected chi connectivity index (χ4v) is 2.85. The average Bonchev–Trinajstić information content (AvgIpc) is 2.84. The molecule has 0 unspecified atom stereocenters. The van der Waals surface area contributed by atoms with Crippen molar-refractivity contribution in [3.8, 4) is 22.5 Å². The van der Waals surface area contributed by atoms with Crippen molar-refractivity contribution in [2.24, 2.45) is 0 Å². The molecule has 0 spiro atoms. The zero-order chi connectivity index (χ0) is 15.0. The Balaban J connectivity index is 2.19. The van der Waals surface area contributed by atoms with Gasteiger partial charge in [0.2, 0.25) is 0 Å². The number of hydrogen-bond donors (Lipinski definition) is 1. The zero-order valence-electron chi connectivity index (χ0n) is 11.2. The number of benzene rings is 2. The Labute approximate surface area is 139 Å². The molecule has 3 aromatic rings. The second kappa shape index (κ2) is 5.66. The van der Waals surface area contributed by atoms with Crippen LogP contribution in [0.4, 0.5) is 5.82 Å². The van der Waals surface area contributed by atoms with Gasteiger partial charge in [-0.15, -0.1) is 0 Å². The number of hydrogen-bond acceptors (Lipinski definition) is 3. The van der Waals surface area contributed by atoms with E-state index in [9.17, 15) is 0 Å². The lowest BCUT2D eigenvalue weighted by molar-refractivity contribution is 0.436. The molecule has 0 radical (unpaired) electrons. The SMILES string of the molecule is Cc1cc(-c2onc(N)c2-c2cccc(Br)c2)ccc1Br. The minimum Gasteiger partial charge on any atom is -0.380 e. The highest BCUT2D eigenvalue weighted by Crippen LogP contribution is 2.38. The molecule has 0 aliphatic heterocycles. The summed E-state index contributed by atoms with van der Waals surface area (Å²) in [7, 11) is 0. The summed E-state index contributed by atoms with van der Waals surface area (Å²) in [5, 5.41) is 3.93. The third-order valence-electron chi connectivity index (χ3n) is 3.25. The summed E-state index contributed by atoms with van der Waals surface area (Å²) in [6.45, 7) is 2.03. The first-order valence-electron chi connectivity index (χ1n) is 6.34. The molecule has 2 N–H and O–H groups in total. The Hall–Kier alpha value is -1.59. The summed E-state index contributed by atoms with van der Waals surface area (Å²) in [5.74, 6) is 1.07. The number of aromatic nitrogens is 1. The van der Waals surface area contributed by atoms with Crippen molar-refractivity contribution in [2.45, 2.75) is 6.92 Å². The third kappa shape index (κ3) is 2.76. The maximum atomic E-state index is 6.00. The Bertz CT molecular complexity index is 812. The van der Waals surface area contributed by atoms with Crippen LogP contribution < -0.4 is 5.73 Å². The quantitative estimate of drug-likeness (QED) is 0.616. The molecule has 0 aliphatic rings. The zero-order valence-corrected chi connectivity index (χ0v) is 14.4. The Morgan fingerprint density at radius 1 is 1.05 bits per heavy atom. The molecular formula is C16H12Br2N2O. The molecule has 2 aromatic carbocycles. The monoisotopic (exact) mass is 406 g/mol. The van der Waals surface area contributed by atoms with Crippen molar-refractivity contribution in [3.05, 3.63) is 57.0 Å². The highest BCUT2D eigenvalue weighted by molar-refractivity contribution is 9.10. The molecule has 3 nitrogen and oxygen atoms in total. The minimum absolute atomic E-state index is 0.392. The lowest BCUT2D eigenvalue weighted by Gasteiger charge is -2.05. The number of rotatable bonds is 2. The number of nitrogens with two attached hydrogens (primary N) is 1. The van der Waals surface area contributed by atoms with E-state index in [4.69, 9.17) is 10.3 Å². The van der Waals surface area contributed by atoms with Gasteiger partial charge in [-0.1, -0.05) is 49.1 Å². The molecule has 5 heteroatoms. The van der Waals surface area contributed by atoms with Crippen LogP contribution in [-0.2, 0) is 0 Å². The molecule has 0 aliphatic carbocycles. The lowest BCUT2D eigenvalue weighted by atomic mass is 10.0. The van der Waals surface area contributed by atoms with Crippen molar-refractivity contribution >= 4 is 37.7 Å². The summed E-state index contributed by atoms with van der Waals surface area (Å²) in [6.07, 6.45) is 0. The van der Waals surface area contributed by atoms with Gasteiger partial charge in [0.1, 0.15) is 0 Å². The van der Waals surface area contributed by atoms with Crippen molar-refractivity contribution in [1.29, 1.82) is 0 Å². The third-order valence-corrected chi connectivity index (χ3v) is 4.63. The first-order valence-corrected chi connectivity index (χ1v) is 7.92. The first-order chi connectivity index (χ1) is 10.1. The molecule has 21 heavy (non-hydrogen) atoms. The maximum Gasteiger partial charge on any atom is 0.176 e. The normalized spacial score (nSPS) is 10.8. The lowest BCUT2D eigenvalue weighted by Crippen LogP contribution is -1.89. The van der Waals surface area contributed by atoms with E-state index in [2.05, 4.69) is 37.0 Å². The van der Waals surface area contributed by atoms with E-state index < -0.39 is 0 Å². The van der Waals surface area contributed by atoms with Gasteiger partial charge in [-0.25, -0.2) is 0 Å². The topological polar surface area (TPSA) is 52.0 Å². The molecule has 0 atom stereocenters. The van der Waals surface area contributed by atoms with Crippen LogP contribution in [0.1, 0.15) is 5.56 Å². The molecule has 0 saturated heterocycles. The van der Waals surface area contributed by atoms with Crippen molar-refractivity contribution in [1.82, 2.24) is 5.16 Å². The maximum absolute atomic E-state index is 6.00. The van der Waals surface area contributed by atoms with Crippen molar-refractivity contribution in [3.63, 3.8) is 0 Å². The van der Waals surface area contributed by atoms with Gasteiger partial charge in [-0.05, 0) is 48.4 Å². The number of nitrogen functional groups attached to an aromatic ring is 1. The molecule has 1 heterocycles. The number of nitrogens with zero attached hydrogens (tertiary/aromatic N) is 1. The van der Waals surface area contributed by atoms with Crippen molar-refractivity contribution in [2.75, 3.05) is 5.73 Å². The Kier molecular flexibility index (Phi) is 3.87. The van der Waals surface area contributed by atoms with E-state index in [0.29, 0.717) is 11.6 Å². The van der Waals surface area contributed by atoms with Gasteiger partial charge in [0, 0.05) is 14.5 Å². The summed E-state index contributed by atoms with van der Waals surface area (Å²) >= 11 is 6.98. The molecule has 106 valence electrons. The molecule has 0 amide bonds. The average molecular weight is 408 g/mol. The van der Waals surface area contributed by atoms with E-state index >= 15 is 0 Å². The molecule has 0 saturated carbocycles. The number of anilines is 1. The summed E-state index contributed by atoms with van der Waals surface area (Å²) < 4.78 is 7.51. The molecule has 3 rings (SSSR count). The molecular weight excluding hydrogens is 396 g/mol. The summed E-state index contributed by atoms with van der Waals surface area (Å²) in [5.41, 5.74) is 9.87.